The fraction of sp³-hybridized carbons (Fsp3) is 0.231. The van der Waals surface area contributed by atoms with Gasteiger partial charge in [0.2, 0.25) is 5.91 Å². The van der Waals surface area contributed by atoms with Crippen LogP contribution in [0, 0.1) is 0 Å². The van der Waals surface area contributed by atoms with Crippen molar-refractivity contribution in [1.82, 2.24) is 15.6 Å². The van der Waals surface area contributed by atoms with Gasteiger partial charge in [-0.15, -0.1) is 0 Å². The van der Waals surface area contributed by atoms with Gasteiger partial charge in [-0.2, -0.15) is 0 Å². The maximum atomic E-state index is 12.1. The topological polar surface area (TPSA) is 100 Å². The van der Waals surface area contributed by atoms with Crippen molar-refractivity contribution in [3.05, 3.63) is 30.0 Å². The first-order chi connectivity index (χ1) is 9.13. The summed E-state index contributed by atoms with van der Waals surface area (Å²) in [6.45, 7) is 0.479. The van der Waals surface area contributed by atoms with Crippen LogP contribution in [0.5, 0.6) is 0 Å². The fourth-order valence-electron chi connectivity index (χ4n) is 2.27. The average Bonchev–Trinajstić information content (AvgIpc) is 2.96. The van der Waals surface area contributed by atoms with Crippen molar-refractivity contribution < 1.29 is 9.59 Å². The van der Waals surface area contributed by atoms with Crippen LogP contribution in [-0.2, 0) is 4.79 Å². The number of para-hydroxylation sites is 1. The molecule has 2 heterocycles. The fourth-order valence-corrected chi connectivity index (χ4v) is 2.27. The van der Waals surface area contributed by atoms with Gasteiger partial charge < -0.3 is 21.4 Å². The molecule has 1 aliphatic rings. The number of benzene rings is 1. The van der Waals surface area contributed by atoms with Gasteiger partial charge in [0.05, 0.1) is 17.2 Å². The van der Waals surface area contributed by atoms with Crippen LogP contribution in [0.2, 0.25) is 0 Å². The van der Waals surface area contributed by atoms with Crippen molar-refractivity contribution in [2.24, 2.45) is 0 Å². The Labute approximate surface area is 109 Å². The van der Waals surface area contributed by atoms with Crippen molar-refractivity contribution in [3.63, 3.8) is 0 Å². The van der Waals surface area contributed by atoms with E-state index < -0.39 is 0 Å². The van der Waals surface area contributed by atoms with Gasteiger partial charge in [-0.05, 0) is 12.1 Å². The molecule has 5 N–H and O–H groups in total. The van der Waals surface area contributed by atoms with Crippen LogP contribution in [0.25, 0.3) is 10.9 Å². The van der Waals surface area contributed by atoms with E-state index in [1.807, 2.05) is 12.1 Å². The first kappa shape index (κ1) is 11.6. The Balaban J connectivity index is 1.82. The van der Waals surface area contributed by atoms with E-state index in [0.717, 1.165) is 10.9 Å². The molecule has 1 saturated heterocycles. The smallest absolute Gasteiger partial charge is 0.268 e. The summed E-state index contributed by atoms with van der Waals surface area (Å²) in [6.07, 6.45) is 0.327. The number of carbonyl (C=O) groups is 2. The van der Waals surface area contributed by atoms with Crippen LogP contribution in [0.3, 0.4) is 0 Å². The molecule has 2 amide bonds. The molecule has 6 heteroatoms. The third-order valence-corrected chi connectivity index (χ3v) is 3.25. The second-order valence-corrected chi connectivity index (χ2v) is 4.67. The molecule has 2 aromatic rings. The molecule has 1 aliphatic heterocycles. The summed E-state index contributed by atoms with van der Waals surface area (Å²) in [4.78, 5) is 26.1. The SMILES string of the molecule is Nc1cccc2cc(C(=O)NC3CNC(=O)C3)[nH]c12. The number of fused-ring (bicyclic) bond motifs is 1. The monoisotopic (exact) mass is 258 g/mol. The van der Waals surface area contributed by atoms with Gasteiger partial charge in [0.15, 0.2) is 0 Å². The van der Waals surface area contributed by atoms with Crippen molar-refractivity contribution in [2.75, 3.05) is 12.3 Å². The van der Waals surface area contributed by atoms with Crippen LogP contribution in [0.1, 0.15) is 16.9 Å². The summed E-state index contributed by atoms with van der Waals surface area (Å²) in [5.74, 6) is -0.261. The Morgan fingerprint density at radius 3 is 2.95 bits per heavy atom. The van der Waals surface area contributed by atoms with Gasteiger partial charge in [0.25, 0.3) is 5.91 Å². The molecule has 1 aromatic heterocycles. The van der Waals surface area contributed by atoms with E-state index in [2.05, 4.69) is 15.6 Å². The quantitative estimate of drug-likeness (QED) is 0.585. The second kappa shape index (κ2) is 4.31. The molecule has 6 nitrogen and oxygen atoms in total. The third-order valence-electron chi connectivity index (χ3n) is 3.25. The predicted molar refractivity (Wildman–Crippen MR) is 71.6 cm³/mol. The Morgan fingerprint density at radius 2 is 2.26 bits per heavy atom. The van der Waals surface area contributed by atoms with Crippen LogP contribution in [0.15, 0.2) is 24.3 Å². The van der Waals surface area contributed by atoms with Crippen LogP contribution < -0.4 is 16.4 Å². The molecule has 0 aliphatic carbocycles. The standard InChI is InChI=1S/C13H14N4O2/c14-9-3-1-2-7-4-10(17-12(7)9)13(19)16-8-5-11(18)15-6-8/h1-4,8,17H,5-6,14H2,(H,15,18)(H,16,19). The lowest BCUT2D eigenvalue weighted by molar-refractivity contribution is -0.119. The molecule has 0 saturated carbocycles. The number of anilines is 1. The molecule has 0 spiro atoms. The number of aromatic amines is 1. The highest BCUT2D eigenvalue weighted by molar-refractivity contribution is 6.01. The third kappa shape index (κ3) is 2.12. The second-order valence-electron chi connectivity index (χ2n) is 4.67. The molecule has 1 aromatic carbocycles. The van der Waals surface area contributed by atoms with Crippen molar-refractivity contribution in [1.29, 1.82) is 0 Å². The van der Waals surface area contributed by atoms with Crippen molar-refractivity contribution in [3.8, 4) is 0 Å². The van der Waals surface area contributed by atoms with Crippen LogP contribution in [0.4, 0.5) is 5.69 Å². The summed E-state index contributed by atoms with van der Waals surface area (Å²) >= 11 is 0. The zero-order chi connectivity index (χ0) is 13.4. The van der Waals surface area contributed by atoms with Crippen molar-refractivity contribution >= 4 is 28.4 Å². The van der Waals surface area contributed by atoms with E-state index in [1.54, 1.807) is 12.1 Å². The lowest BCUT2D eigenvalue weighted by atomic mass is 10.2. The number of nitrogens with one attached hydrogen (secondary N) is 3. The number of rotatable bonds is 2. The molecule has 1 fully saturated rings. The van der Waals surface area contributed by atoms with Crippen molar-refractivity contribution in [2.45, 2.75) is 12.5 Å². The van der Waals surface area contributed by atoms with Gasteiger partial charge in [-0.25, -0.2) is 0 Å². The first-order valence-corrected chi connectivity index (χ1v) is 6.08. The molecular formula is C13H14N4O2. The molecule has 1 atom stereocenters. The Morgan fingerprint density at radius 1 is 1.42 bits per heavy atom. The molecule has 1 unspecified atom stereocenters. The summed E-state index contributed by atoms with van der Waals surface area (Å²) < 4.78 is 0. The number of aromatic nitrogens is 1. The number of hydrogen-bond acceptors (Lipinski definition) is 3. The molecule has 98 valence electrons. The van der Waals surface area contributed by atoms with Crippen LogP contribution >= 0.6 is 0 Å². The molecular weight excluding hydrogens is 244 g/mol. The van der Waals surface area contributed by atoms with Gasteiger partial charge in [-0.1, -0.05) is 12.1 Å². The zero-order valence-electron chi connectivity index (χ0n) is 10.2. The number of amides is 2. The zero-order valence-corrected chi connectivity index (χ0v) is 10.2. The largest absolute Gasteiger partial charge is 0.397 e. The molecule has 3 rings (SSSR count). The Bertz CT molecular complexity index is 662. The Hall–Kier alpha value is -2.50. The lowest BCUT2D eigenvalue weighted by Crippen LogP contribution is -2.36. The molecule has 0 radical (unpaired) electrons. The number of nitrogen functional groups attached to an aromatic ring is 1. The van der Waals surface area contributed by atoms with E-state index in [0.29, 0.717) is 24.3 Å². The highest BCUT2D eigenvalue weighted by atomic mass is 16.2. The number of nitrogens with two attached hydrogens (primary N) is 1. The van der Waals surface area contributed by atoms with Gasteiger partial charge in [-0.3, -0.25) is 9.59 Å². The molecule has 19 heavy (non-hydrogen) atoms. The number of H-pyrrole nitrogens is 1. The maximum Gasteiger partial charge on any atom is 0.268 e. The summed E-state index contributed by atoms with van der Waals surface area (Å²) in [6, 6.07) is 7.11. The normalized spacial score (nSPS) is 18.5. The number of carbonyl (C=O) groups excluding carboxylic acids is 2. The average molecular weight is 258 g/mol. The number of hydrogen-bond donors (Lipinski definition) is 4. The summed E-state index contributed by atoms with van der Waals surface area (Å²) in [5.41, 5.74) is 7.65. The summed E-state index contributed by atoms with van der Waals surface area (Å²) in [7, 11) is 0. The Kier molecular flexibility index (Phi) is 2.63. The van der Waals surface area contributed by atoms with E-state index in [1.165, 1.54) is 0 Å². The maximum absolute atomic E-state index is 12.1. The first-order valence-electron chi connectivity index (χ1n) is 6.08. The molecule has 0 bridgehead atoms. The minimum absolute atomic E-state index is 0.0359. The highest BCUT2D eigenvalue weighted by Crippen LogP contribution is 2.21. The summed E-state index contributed by atoms with van der Waals surface area (Å²) in [5, 5.41) is 6.38. The minimum atomic E-state index is -0.225. The van der Waals surface area contributed by atoms with E-state index >= 15 is 0 Å². The van der Waals surface area contributed by atoms with Gasteiger partial charge >= 0.3 is 0 Å². The van der Waals surface area contributed by atoms with Gasteiger partial charge in [0, 0.05) is 18.4 Å². The predicted octanol–water partition coefficient (Wildman–Crippen LogP) is 0.368. The van der Waals surface area contributed by atoms with E-state index in [9.17, 15) is 9.59 Å². The van der Waals surface area contributed by atoms with Gasteiger partial charge in [0.1, 0.15) is 5.69 Å². The minimum Gasteiger partial charge on any atom is -0.397 e. The van der Waals surface area contributed by atoms with E-state index in [-0.39, 0.29) is 17.9 Å². The highest BCUT2D eigenvalue weighted by Gasteiger charge is 2.23. The lowest BCUT2D eigenvalue weighted by Gasteiger charge is -2.08. The van der Waals surface area contributed by atoms with Crippen LogP contribution in [-0.4, -0.2) is 29.4 Å². The van der Waals surface area contributed by atoms with E-state index in [4.69, 9.17) is 5.73 Å².